The number of hydrogen-bond acceptors (Lipinski definition) is 2. The second kappa shape index (κ2) is 5.69. The Labute approximate surface area is 101 Å². The third kappa shape index (κ3) is 2.77. The molecule has 0 saturated carbocycles. The van der Waals surface area contributed by atoms with E-state index in [0.717, 1.165) is 0 Å². The van der Waals surface area contributed by atoms with Gasteiger partial charge >= 0.3 is 0 Å². The summed E-state index contributed by atoms with van der Waals surface area (Å²) in [6, 6.07) is 6.84. The van der Waals surface area contributed by atoms with E-state index in [4.69, 9.17) is 5.73 Å². The van der Waals surface area contributed by atoms with Crippen LogP contribution in [0.2, 0.25) is 0 Å². The molecule has 0 aromatic heterocycles. The maximum atomic E-state index is 12.9. The molecule has 3 heteroatoms. The first kappa shape index (κ1) is 11.9. The zero-order valence-corrected chi connectivity index (χ0v) is 10.2. The van der Waals surface area contributed by atoms with Crippen LogP contribution in [0.15, 0.2) is 24.3 Å². The molecule has 16 heavy (non-hydrogen) atoms. The van der Waals surface area contributed by atoms with Gasteiger partial charge in [-0.25, -0.2) is 4.39 Å². The molecule has 1 aromatic carbocycles. The first-order chi connectivity index (χ1) is 7.81. The van der Waals surface area contributed by atoms with Gasteiger partial charge in [0, 0.05) is 0 Å². The van der Waals surface area contributed by atoms with E-state index in [1.54, 1.807) is 0 Å². The Morgan fingerprint density at radius 2 is 1.88 bits per heavy atom. The average molecular weight is 239 g/mol. The van der Waals surface area contributed by atoms with Gasteiger partial charge in [-0.3, -0.25) is 0 Å². The van der Waals surface area contributed by atoms with E-state index < -0.39 is 0 Å². The molecule has 1 unspecified atom stereocenters. The molecule has 1 aromatic rings. The van der Waals surface area contributed by atoms with E-state index in [0.29, 0.717) is 18.4 Å². The molecule has 1 atom stereocenters. The topological polar surface area (TPSA) is 26.0 Å². The van der Waals surface area contributed by atoms with Gasteiger partial charge < -0.3 is 5.73 Å². The summed E-state index contributed by atoms with van der Waals surface area (Å²) in [5, 5.41) is 0. The van der Waals surface area contributed by atoms with E-state index >= 15 is 0 Å². The Kier molecular flexibility index (Phi) is 4.24. The van der Waals surface area contributed by atoms with Crippen LogP contribution in [0.1, 0.15) is 24.3 Å². The van der Waals surface area contributed by atoms with Gasteiger partial charge in [-0.05, 0) is 60.4 Å². The van der Waals surface area contributed by atoms with E-state index in [-0.39, 0.29) is 5.82 Å². The lowest BCUT2D eigenvalue weighted by atomic mass is 9.82. The molecule has 0 spiro atoms. The second-order valence-corrected chi connectivity index (χ2v) is 5.57. The largest absolute Gasteiger partial charge is 0.330 e. The van der Waals surface area contributed by atoms with Gasteiger partial charge in [-0.1, -0.05) is 12.1 Å². The predicted molar refractivity (Wildman–Crippen MR) is 68.2 cm³/mol. The zero-order chi connectivity index (χ0) is 11.4. The van der Waals surface area contributed by atoms with Gasteiger partial charge in [-0.2, -0.15) is 11.8 Å². The van der Waals surface area contributed by atoms with E-state index in [1.165, 1.54) is 42.0 Å². The summed E-state index contributed by atoms with van der Waals surface area (Å²) in [4.78, 5) is 0. The van der Waals surface area contributed by atoms with Crippen molar-refractivity contribution in [2.24, 2.45) is 11.7 Å². The predicted octanol–water partition coefficient (Wildman–Crippen LogP) is 3.01. The van der Waals surface area contributed by atoms with Crippen LogP contribution in [-0.4, -0.2) is 18.1 Å². The molecular weight excluding hydrogens is 221 g/mol. The van der Waals surface area contributed by atoms with Crippen molar-refractivity contribution in [1.29, 1.82) is 0 Å². The molecule has 1 aliphatic rings. The molecule has 2 rings (SSSR count). The lowest BCUT2D eigenvalue weighted by Crippen LogP contribution is -2.24. The molecule has 0 aliphatic carbocycles. The van der Waals surface area contributed by atoms with Gasteiger partial charge in [-0.15, -0.1) is 0 Å². The molecule has 0 bridgehead atoms. The molecule has 2 N–H and O–H groups in total. The highest BCUT2D eigenvalue weighted by Crippen LogP contribution is 2.34. The fourth-order valence-electron chi connectivity index (χ4n) is 2.43. The van der Waals surface area contributed by atoms with Gasteiger partial charge in [0.15, 0.2) is 0 Å². The van der Waals surface area contributed by atoms with Crippen LogP contribution in [0.3, 0.4) is 0 Å². The van der Waals surface area contributed by atoms with Crippen molar-refractivity contribution in [3.05, 3.63) is 35.6 Å². The highest BCUT2D eigenvalue weighted by Gasteiger charge is 2.23. The SMILES string of the molecule is NCC(c1ccc(F)cc1)C1CCSCC1. The summed E-state index contributed by atoms with van der Waals surface area (Å²) in [5.41, 5.74) is 7.07. The van der Waals surface area contributed by atoms with Crippen LogP contribution in [-0.2, 0) is 0 Å². The Morgan fingerprint density at radius 3 is 2.44 bits per heavy atom. The van der Waals surface area contributed by atoms with Crippen LogP contribution in [0.25, 0.3) is 0 Å². The number of halogens is 1. The summed E-state index contributed by atoms with van der Waals surface area (Å²) < 4.78 is 12.9. The van der Waals surface area contributed by atoms with Crippen LogP contribution in [0.4, 0.5) is 4.39 Å². The van der Waals surface area contributed by atoms with Gasteiger partial charge in [0.2, 0.25) is 0 Å². The fraction of sp³-hybridized carbons (Fsp3) is 0.538. The second-order valence-electron chi connectivity index (χ2n) is 4.34. The quantitative estimate of drug-likeness (QED) is 0.877. The molecular formula is C13H18FNS. The summed E-state index contributed by atoms with van der Waals surface area (Å²) in [7, 11) is 0. The van der Waals surface area contributed by atoms with Gasteiger partial charge in [0.25, 0.3) is 0 Å². The summed E-state index contributed by atoms with van der Waals surface area (Å²) >= 11 is 2.02. The number of benzene rings is 1. The standard InChI is InChI=1S/C13H18FNS/c14-12-3-1-10(2-4-12)13(9-15)11-5-7-16-8-6-11/h1-4,11,13H,5-9,15H2. The third-order valence-corrected chi connectivity index (χ3v) is 4.44. The fourth-order valence-corrected chi connectivity index (χ4v) is 3.57. The first-order valence-electron chi connectivity index (χ1n) is 5.84. The van der Waals surface area contributed by atoms with Gasteiger partial charge in [0.05, 0.1) is 0 Å². The summed E-state index contributed by atoms with van der Waals surface area (Å²) in [5.74, 6) is 3.39. The number of thioether (sulfide) groups is 1. The van der Waals surface area contributed by atoms with Crippen molar-refractivity contribution in [1.82, 2.24) is 0 Å². The molecule has 1 heterocycles. The van der Waals surface area contributed by atoms with Crippen molar-refractivity contribution in [2.75, 3.05) is 18.1 Å². The first-order valence-corrected chi connectivity index (χ1v) is 7.00. The minimum absolute atomic E-state index is 0.168. The van der Waals surface area contributed by atoms with Crippen LogP contribution in [0.5, 0.6) is 0 Å². The summed E-state index contributed by atoms with van der Waals surface area (Å²) in [6.07, 6.45) is 2.48. The molecule has 1 fully saturated rings. The van der Waals surface area contributed by atoms with Crippen molar-refractivity contribution in [3.63, 3.8) is 0 Å². The smallest absolute Gasteiger partial charge is 0.123 e. The highest BCUT2D eigenvalue weighted by molar-refractivity contribution is 7.99. The van der Waals surface area contributed by atoms with Crippen molar-refractivity contribution < 1.29 is 4.39 Å². The maximum absolute atomic E-state index is 12.9. The monoisotopic (exact) mass is 239 g/mol. The van der Waals surface area contributed by atoms with E-state index in [1.807, 2.05) is 23.9 Å². The van der Waals surface area contributed by atoms with Crippen molar-refractivity contribution in [3.8, 4) is 0 Å². The van der Waals surface area contributed by atoms with Crippen LogP contribution >= 0.6 is 11.8 Å². The van der Waals surface area contributed by atoms with E-state index in [9.17, 15) is 4.39 Å². The summed E-state index contributed by atoms with van der Waals surface area (Å²) in [6.45, 7) is 0.668. The third-order valence-electron chi connectivity index (χ3n) is 3.39. The Bertz CT molecular complexity index is 319. The van der Waals surface area contributed by atoms with E-state index in [2.05, 4.69) is 0 Å². The average Bonchev–Trinajstić information content (AvgIpc) is 2.34. The highest BCUT2D eigenvalue weighted by atomic mass is 32.2. The minimum atomic E-state index is -0.168. The lowest BCUT2D eigenvalue weighted by Gasteiger charge is -2.29. The zero-order valence-electron chi connectivity index (χ0n) is 9.36. The Hall–Kier alpha value is -0.540. The Morgan fingerprint density at radius 1 is 1.25 bits per heavy atom. The molecule has 88 valence electrons. The number of rotatable bonds is 3. The molecule has 1 nitrogen and oxygen atoms in total. The number of hydrogen-bond donors (Lipinski definition) is 1. The molecule has 1 aliphatic heterocycles. The molecule has 0 radical (unpaired) electrons. The van der Waals surface area contributed by atoms with Gasteiger partial charge in [0.1, 0.15) is 5.82 Å². The van der Waals surface area contributed by atoms with Crippen molar-refractivity contribution >= 4 is 11.8 Å². The van der Waals surface area contributed by atoms with Crippen LogP contribution in [0, 0.1) is 11.7 Å². The normalized spacial score (nSPS) is 19.6. The molecule has 0 amide bonds. The Balaban J connectivity index is 2.11. The van der Waals surface area contributed by atoms with Crippen LogP contribution < -0.4 is 5.73 Å². The number of nitrogens with two attached hydrogens (primary N) is 1. The molecule has 1 saturated heterocycles. The maximum Gasteiger partial charge on any atom is 0.123 e. The van der Waals surface area contributed by atoms with Crippen molar-refractivity contribution in [2.45, 2.75) is 18.8 Å². The minimum Gasteiger partial charge on any atom is -0.330 e. The lowest BCUT2D eigenvalue weighted by molar-refractivity contribution is 0.400.